The van der Waals surface area contributed by atoms with Crippen molar-refractivity contribution in [3.8, 4) is 11.5 Å². The number of aromatic nitrogens is 2. The lowest BCUT2D eigenvalue weighted by Gasteiger charge is -2.19. The predicted octanol–water partition coefficient (Wildman–Crippen LogP) is 4.13. The minimum atomic E-state index is -0.0845. The summed E-state index contributed by atoms with van der Waals surface area (Å²) in [6.07, 6.45) is 0. The van der Waals surface area contributed by atoms with Gasteiger partial charge in [-0.3, -0.25) is 4.79 Å². The number of carbonyl (C=O) groups is 1. The number of rotatable bonds is 8. The molecule has 0 atom stereocenters. The molecule has 1 aromatic heterocycles. The summed E-state index contributed by atoms with van der Waals surface area (Å²) in [5, 5.41) is 0. The molecule has 0 saturated carbocycles. The number of nitrogens with zero attached hydrogens (tertiary/aromatic N) is 3. The highest BCUT2D eigenvalue weighted by Crippen LogP contribution is 2.29. The van der Waals surface area contributed by atoms with E-state index >= 15 is 0 Å². The summed E-state index contributed by atoms with van der Waals surface area (Å²) in [6, 6.07) is 13.3. The zero-order chi connectivity index (χ0) is 20.1. The molecule has 148 valence electrons. The van der Waals surface area contributed by atoms with Gasteiger partial charge in [-0.05, 0) is 51.1 Å². The molecule has 0 unspecified atom stereocenters. The fraction of sp³-hybridized carbons (Fsp3) is 0.364. The van der Waals surface area contributed by atoms with E-state index in [2.05, 4.69) is 17.6 Å². The number of carbonyl (C=O) groups excluding carboxylic acids is 1. The first-order chi connectivity index (χ1) is 13.6. The number of hydrogen-bond donors (Lipinski definition) is 0. The molecule has 0 spiro atoms. The Hall–Kier alpha value is -3.02. The van der Waals surface area contributed by atoms with Crippen molar-refractivity contribution in [3.63, 3.8) is 0 Å². The highest BCUT2D eigenvalue weighted by Gasteiger charge is 2.18. The molecule has 6 heteroatoms. The monoisotopic (exact) mass is 381 g/mol. The van der Waals surface area contributed by atoms with E-state index in [-0.39, 0.29) is 5.91 Å². The van der Waals surface area contributed by atoms with Crippen LogP contribution in [0.15, 0.2) is 42.5 Å². The Kier molecular flexibility index (Phi) is 6.19. The molecule has 0 fully saturated rings. The Morgan fingerprint density at radius 1 is 1.04 bits per heavy atom. The maximum absolute atomic E-state index is 13.0. The second kappa shape index (κ2) is 8.78. The van der Waals surface area contributed by atoms with Gasteiger partial charge in [-0.2, -0.15) is 0 Å². The van der Waals surface area contributed by atoms with E-state index in [1.54, 1.807) is 30.1 Å². The molecule has 28 heavy (non-hydrogen) atoms. The van der Waals surface area contributed by atoms with Gasteiger partial charge in [-0.15, -0.1) is 0 Å². The van der Waals surface area contributed by atoms with Crippen molar-refractivity contribution in [3.05, 3.63) is 53.9 Å². The molecule has 1 heterocycles. The second-order valence-corrected chi connectivity index (χ2v) is 6.45. The van der Waals surface area contributed by atoms with Crippen molar-refractivity contribution in [2.75, 3.05) is 20.3 Å². The third-order valence-electron chi connectivity index (χ3n) is 4.57. The average molecular weight is 381 g/mol. The van der Waals surface area contributed by atoms with Crippen LogP contribution in [-0.2, 0) is 13.1 Å². The summed E-state index contributed by atoms with van der Waals surface area (Å²) in [4.78, 5) is 19.4. The van der Waals surface area contributed by atoms with Crippen molar-refractivity contribution >= 4 is 16.9 Å². The van der Waals surface area contributed by atoms with E-state index in [1.165, 1.54) is 0 Å². The summed E-state index contributed by atoms with van der Waals surface area (Å²) in [5.74, 6) is 2.02. The summed E-state index contributed by atoms with van der Waals surface area (Å²) in [6.45, 7) is 8.19. The summed E-state index contributed by atoms with van der Waals surface area (Å²) >= 11 is 0. The zero-order valence-corrected chi connectivity index (χ0v) is 16.9. The highest BCUT2D eigenvalue weighted by atomic mass is 16.5. The fourth-order valence-electron chi connectivity index (χ4n) is 3.29. The molecule has 0 aliphatic rings. The van der Waals surface area contributed by atoms with Crippen LogP contribution in [0.5, 0.6) is 11.5 Å². The maximum Gasteiger partial charge on any atom is 0.254 e. The summed E-state index contributed by atoms with van der Waals surface area (Å²) < 4.78 is 13.4. The number of fused-ring (bicyclic) bond motifs is 1. The second-order valence-electron chi connectivity index (χ2n) is 6.45. The predicted molar refractivity (Wildman–Crippen MR) is 110 cm³/mol. The van der Waals surface area contributed by atoms with Crippen LogP contribution in [-0.4, -0.2) is 40.6 Å². The Balaban J connectivity index is 1.84. The van der Waals surface area contributed by atoms with Gasteiger partial charge >= 0.3 is 0 Å². The smallest absolute Gasteiger partial charge is 0.254 e. The highest BCUT2D eigenvalue weighted by molar-refractivity contribution is 5.94. The topological polar surface area (TPSA) is 56.6 Å². The largest absolute Gasteiger partial charge is 0.490 e. The Morgan fingerprint density at radius 2 is 1.75 bits per heavy atom. The molecule has 0 saturated heterocycles. The third-order valence-corrected chi connectivity index (χ3v) is 4.57. The lowest BCUT2D eigenvalue weighted by molar-refractivity contribution is 0.0779. The van der Waals surface area contributed by atoms with Crippen LogP contribution in [0.1, 0.15) is 37.0 Å². The Labute approximate surface area is 165 Å². The van der Waals surface area contributed by atoms with Crippen LogP contribution in [0.3, 0.4) is 0 Å². The van der Waals surface area contributed by atoms with Crippen molar-refractivity contribution in [1.29, 1.82) is 0 Å². The fourth-order valence-corrected chi connectivity index (χ4v) is 3.29. The van der Waals surface area contributed by atoms with Crippen molar-refractivity contribution in [2.24, 2.45) is 0 Å². The van der Waals surface area contributed by atoms with E-state index < -0.39 is 0 Å². The maximum atomic E-state index is 13.0. The average Bonchev–Trinajstić information content (AvgIpc) is 3.06. The minimum absolute atomic E-state index is 0.0845. The molecule has 1 amide bonds. The number of ether oxygens (including phenoxy) is 2. The first kappa shape index (κ1) is 19.7. The number of imidazole rings is 1. The van der Waals surface area contributed by atoms with Gasteiger partial charge in [-0.1, -0.05) is 12.1 Å². The van der Waals surface area contributed by atoms with Crippen LogP contribution < -0.4 is 9.47 Å². The Morgan fingerprint density at radius 3 is 2.46 bits per heavy atom. The van der Waals surface area contributed by atoms with Gasteiger partial charge in [0.2, 0.25) is 0 Å². The molecular weight excluding hydrogens is 354 g/mol. The van der Waals surface area contributed by atoms with Crippen molar-refractivity contribution in [1.82, 2.24) is 14.5 Å². The first-order valence-electron chi connectivity index (χ1n) is 9.68. The van der Waals surface area contributed by atoms with E-state index in [4.69, 9.17) is 14.5 Å². The number of hydrogen-bond acceptors (Lipinski definition) is 4. The van der Waals surface area contributed by atoms with Gasteiger partial charge in [-0.25, -0.2) is 4.98 Å². The quantitative estimate of drug-likeness (QED) is 0.589. The molecule has 3 rings (SSSR count). The van der Waals surface area contributed by atoms with Gasteiger partial charge < -0.3 is 18.9 Å². The van der Waals surface area contributed by atoms with Gasteiger partial charge in [0.25, 0.3) is 5.91 Å². The number of aryl methyl sites for hydroxylation is 1. The Bertz CT molecular complexity index is 965. The van der Waals surface area contributed by atoms with Crippen LogP contribution in [0, 0.1) is 0 Å². The zero-order valence-electron chi connectivity index (χ0n) is 16.9. The molecule has 0 bridgehead atoms. The van der Waals surface area contributed by atoms with Crippen LogP contribution in [0.4, 0.5) is 0 Å². The van der Waals surface area contributed by atoms with E-state index in [1.807, 2.05) is 32.0 Å². The number of para-hydroxylation sites is 2. The molecular formula is C22H27N3O3. The number of benzene rings is 2. The molecule has 2 aromatic carbocycles. The van der Waals surface area contributed by atoms with Gasteiger partial charge in [0, 0.05) is 19.2 Å². The third kappa shape index (κ3) is 3.96. The van der Waals surface area contributed by atoms with E-state index in [9.17, 15) is 4.79 Å². The SMILES string of the molecule is CCOc1ccc(C(=O)N(C)Cc2nc3ccccc3n2CC)cc1OCC. The van der Waals surface area contributed by atoms with Gasteiger partial charge in [0.1, 0.15) is 5.82 Å². The molecule has 0 aliphatic carbocycles. The summed E-state index contributed by atoms with van der Waals surface area (Å²) in [7, 11) is 1.79. The minimum Gasteiger partial charge on any atom is -0.490 e. The lowest BCUT2D eigenvalue weighted by atomic mass is 10.1. The lowest BCUT2D eigenvalue weighted by Crippen LogP contribution is -2.27. The van der Waals surface area contributed by atoms with Crippen LogP contribution in [0.25, 0.3) is 11.0 Å². The van der Waals surface area contributed by atoms with Crippen molar-refractivity contribution < 1.29 is 14.3 Å². The van der Waals surface area contributed by atoms with Crippen LogP contribution >= 0.6 is 0 Å². The molecule has 3 aromatic rings. The summed E-state index contributed by atoms with van der Waals surface area (Å²) in [5.41, 5.74) is 2.59. The van der Waals surface area contributed by atoms with E-state index in [0.29, 0.717) is 36.8 Å². The molecule has 0 N–H and O–H groups in total. The van der Waals surface area contributed by atoms with E-state index in [0.717, 1.165) is 23.4 Å². The molecule has 0 radical (unpaired) electrons. The van der Waals surface area contributed by atoms with Gasteiger partial charge in [0.15, 0.2) is 11.5 Å². The molecule has 6 nitrogen and oxygen atoms in total. The molecule has 0 aliphatic heterocycles. The standard InChI is InChI=1S/C22H27N3O3/c1-5-25-18-11-9-8-10-17(18)23-21(25)15-24(4)22(26)16-12-13-19(27-6-2)20(14-16)28-7-3/h8-14H,5-7,15H2,1-4H3. The van der Waals surface area contributed by atoms with Crippen LogP contribution in [0.2, 0.25) is 0 Å². The van der Waals surface area contributed by atoms with Crippen molar-refractivity contribution in [2.45, 2.75) is 33.9 Å². The normalized spacial score (nSPS) is 10.9. The number of amides is 1. The van der Waals surface area contributed by atoms with Gasteiger partial charge in [0.05, 0.1) is 30.8 Å². The first-order valence-corrected chi connectivity index (χ1v) is 9.68.